The van der Waals surface area contributed by atoms with Crippen molar-refractivity contribution in [3.05, 3.63) is 95.1 Å². The van der Waals surface area contributed by atoms with Gasteiger partial charge in [0, 0.05) is 5.56 Å². The average molecular weight is 405 g/mol. The number of hydrogen-bond donors (Lipinski definition) is 0. The van der Waals surface area contributed by atoms with Gasteiger partial charge in [-0.3, -0.25) is 4.79 Å². The number of benzene rings is 3. The van der Waals surface area contributed by atoms with Crippen molar-refractivity contribution in [2.45, 2.75) is 6.42 Å². The third-order valence-electron chi connectivity index (χ3n) is 4.27. The van der Waals surface area contributed by atoms with Crippen LogP contribution in [0.4, 0.5) is 8.78 Å². The Bertz CT molecular complexity index is 1130. The van der Waals surface area contributed by atoms with E-state index >= 15 is 0 Å². The summed E-state index contributed by atoms with van der Waals surface area (Å²) in [5.74, 6) is -0.936. The predicted octanol–water partition coefficient (Wildman–Crippen LogP) is 5.19. The third kappa shape index (κ3) is 5.09. The molecule has 0 unspecified atom stereocenters. The van der Waals surface area contributed by atoms with Gasteiger partial charge in [-0.25, -0.2) is 8.78 Å². The molecular weight excluding hydrogens is 388 g/mol. The summed E-state index contributed by atoms with van der Waals surface area (Å²) in [6, 6.07) is 18.3. The number of carbonyl (C=O) groups is 1. The molecule has 30 heavy (non-hydrogen) atoms. The Morgan fingerprint density at radius 3 is 2.43 bits per heavy atom. The Morgan fingerprint density at radius 2 is 1.77 bits per heavy atom. The zero-order valence-corrected chi connectivity index (χ0v) is 16.1. The molecular formula is C24H17F2NO3. The van der Waals surface area contributed by atoms with E-state index in [9.17, 15) is 18.8 Å². The lowest BCUT2D eigenvalue weighted by Gasteiger charge is -2.10. The number of carbonyl (C=O) groups excluding carboxylic acids is 1. The minimum absolute atomic E-state index is 0.0308. The van der Waals surface area contributed by atoms with Gasteiger partial charge in [-0.1, -0.05) is 36.4 Å². The maximum atomic E-state index is 14.0. The van der Waals surface area contributed by atoms with Crippen LogP contribution in [0.3, 0.4) is 0 Å². The van der Waals surface area contributed by atoms with Gasteiger partial charge in [0.1, 0.15) is 11.6 Å². The monoisotopic (exact) mass is 405 g/mol. The molecule has 0 aliphatic heterocycles. The van der Waals surface area contributed by atoms with Crippen LogP contribution in [0.15, 0.2) is 66.7 Å². The second kappa shape index (κ2) is 9.48. The van der Waals surface area contributed by atoms with E-state index in [1.54, 1.807) is 24.3 Å². The number of nitrogens with zero attached hydrogens (tertiary/aromatic N) is 1. The van der Waals surface area contributed by atoms with Gasteiger partial charge in [-0.2, -0.15) is 5.26 Å². The molecule has 6 heteroatoms. The Balaban J connectivity index is 1.80. The van der Waals surface area contributed by atoms with Crippen LogP contribution < -0.4 is 9.47 Å². The van der Waals surface area contributed by atoms with Crippen LogP contribution in [0.1, 0.15) is 16.7 Å². The van der Waals surface area contributed by atoms with Crippen molar-refractivity contribution >= 4 is 17.6 Å². The molecule has 0 radical (unpaired) electrons. The number of halogens is 2. The van der Waals surface area contributed by atoms with E-state index in [1.807, 2.05) is 6.07 Å². The number of ether oxygens (including phenoxy) is 2. The van der Waals surface area contributed by atoms with E-state index in [-0.39, 0.29) is 34.9 Å². The van der Waals surface area contributed by atoms with Crippen molar-refractivity contribution in [3.63, 3.8) is 0 Å². The van der Waals surface area contributed by atoms with Gasteiger partial charge in [0.2, 0.25) is 0 Å². The zero-order chi connectivity index (χ0) is 21.5. The highest BCUT2D eigenvalue weighted by molar-refractivity contribution is 5.90. The molecule has 4 nitrogen and oxygen atoms in total. The Morgan fingerprint density at radius 1 is 1.03 bits per heavy atom. The van der Waals surface area contributed by atoms with Crippen LogP contribution in [-0.2, 0) is 11.2 Å². The van der Waals surface area contributed by atoms with Crippen molar-refractivity contribution in [1.82, 2.24) is 0 Å². The van der Waals surface area contributed by atoms with Crippen LogP contribution in [0.2, 0.25) is 0 Å². The van der Waals surface area contributed by atoms with Gasteiger partial charge in [-0.15, -0.1) is 0 Å². The average Bonchev–Trinajstić information content (AvgIpc) is 2.75. The Labute approximate surface area is 172 Å². The van der Waals surface area contributed by atoms with E-state index in [2.05, 4.69) is 0 Å². The number of rotatable bonds is 6. The molecule has 0 aliphatic carbocycles. The lowest BCUT2D eigenvalue weighted by atomic mass is 10.0. The van der Waals surface area contributed by atoms with Crippen LogP contribution >= 0.6 is 0 Å². The highest BCUT2D eigenvalue weighted by atomic mass is 19.1. The first-order valence-corrected chi connectivity index (χ1v) is 9.00. The molecule has 0 fully saturated rings. The first-order valence-electron chi connectivity index (χ1n) is 9.00. The molecule has 150 valence electrons. The molecule has 0 aliphatic rings. The molecule has 0 atom stereocenters. The summed E-state index contributed by atoms with van der Waals surface area (Å²) in [6.45, 7) is 0. The molecule has 0 heterocycles. The summed E-state index contributed by atoms with van der Waals surface area (Å²) in [7, 11) is 1.42. The summed E-state index contributed by atoms with van der Waals surface area (Å²) >= 11 is 0. The smallest absolute Gasteiger partial charge is 0.315 e. The fourth-order valence-electron chi connectivity index (χ4n) is 2.80. The predicted molar refractivity (Wildman–Crippen MR) is 109 cm³/mol. The summed E-state index contributed by atoms with van der Waals surface area (Å²) in [4.78, 5) is 12.2. The van der Waals surface area contributed by atoms with E-state index < -0.39 is 11.8 Å². The maximum Gasteiger partial charge on any atom is 0.315 e. The standard InChI is InChI=1S/C24H17F2NO3/c1-29-23-13-17(12-18(15-27)20-4-2-3-5-21(20)26)8-11-22(23)30-24(28)14-16-6-9-19(25)10-7-16/h2-13H,14H2,1H3/b18-12-. The Hall–Kier alpha value is -3.98. The Kier molecular flexibility index (Phi) is 6.56. The highest BCUT2D eigenvalue weighted by Crippen LogP contribution is 2.30. The quantitative estimate of drug-likeness (QED) is 0.245. The lowest BCUT2D eigenvalue weighted by molar-refractivity contribution is -0.133. The molecule has 0 aromatic heterocycles. The molecule has 0 spiro atoms. The van der Waals surface area contributed by atoms with Gasteiger partial charge < -0.3 is 9.47 Å². The molecule has 0 N–H and O–H groups in total. The topological polar surface area (TPSA) is 59.3 Å². The summed E-state index contributed by atoms with van der Waals surface area (Å²) in [6.07, 6.45) is 1.49. The van der Waals surface area contributed by atoms with Crippen LogP contribution in [0, 0.1) is 23.0 Å². The highest BCUT2D eigenvalue weighted by Gasteiger charge is 2.13. The normalized spacial score (nSPS) is 10.9. The van der Waals surface area contributed by atoms with E-state index in [0.29, 0.717) is 11.1 Å². The number of esters is 1. The van der Waals surface area contributed by atoms with Crippen molar-refractivity contribution in [3.8, 4) is 17.6 Å². The molecule has 0 saturated carbocycles. The van der Waals surface area contributed by atoms with Crippen molar-refractivity contribution in [1.29, 1.82) is 5.26 Å². The van der Waals surface area contributed by atoms with E-state index in [1.165, 1.54) is 55.7 Å². The van der Waals surface area contributed by atoms with Crippen LogP contribution in [0.25, 0.3) is 11.6 Å². The summed E-state index contributed by atoms with van der Waals surface area (Å²) in [5.41, 5.74) is 1.53. The molecule has 3 aromatic carbocycles. The third-order valence-corrected chi connectivity index (χ3v) is 4.27. The van der Waals surface area contributed by atoms with E-state index in [4.69, 9.17) is 9.47 Å². The van der Waals surface area contributed by atoms with Gasteiger partial charge in [0.25, 0.3) is 0 Å². The van der Waals surface area contributed by atoms with Crippen LogP contribution in [0.5, 0.6) is 11.5 Å². The van der Waals surface area contributed by atoms with Crippen LogP contribution in [-0.4, -0.2) is 13.1 Å². The molecule has 0 bridgehead atoms. The molecule has 0 amide bonds. The van der Waals surface area contributed by atoms with Crippen molar-refractivity contribution < 1.29 is 23.0 Å². The molecule has 3 rings (SSSR count). The largest absolute Gasteiger partial charge is 0.493 e. The number of nitriles is 1. The summed E-state index contributed by atoms with van der Waals surface area (Å²) < 4.78 is 37.6. The fraction of sp³-hybridized carbons (Fsp3) is 0.0833. The zero-order valence-electron chi connectivity index (χ0n) is 16.1. The second-order valence-corrected chi connectivity index (χ2v) is 6.34. The first kappa shape index (κ1) is 20.7. The molecule has 0 saturated heterocycles. The SMILES string of the molecule is COc1cc(/C=C(/C#N)c2ccccc2F)ccc1OC(=O)Cc1ccc(F)cc1. The van der Waals surface area contributed by atoms with Gasteiger partial charge in [0.15, 0.2) is 11.5 Å². The number of allylic oxidation sites excluding steroid dienone is 1. The fourth-order valence-corrected chi connectivity index (χ4v) is 2.80. The number of methoxy groups -OCH3 is 1. The first-order chi connectivity index (χ1) is 14.5. The minimum Gasteiger partial charge on any atom is -0.493 e. The second-order valence-electron chi connectivity index (χ2n) is 6.34. The van der Waals surface area contributed by atoms with Crippen molar-refractivity contribution in [2.24, 2.45) is 0 Å². The lowest BCUT2D eigenvalue weighted by Crippen LogP contribution is -2.12. The molecule has 3 aromatic rings. The number of hydrogen-bond acceptors (Lipinski definition) is 4. The van der Waals surface area contributed by atoms with Gasteiger partial charge in [0.05, 0.1) is 25.2 Å². The minimum atomic E-state index is -0.535. The van der Waals surface area contributed by atoms with E-state index in [0.717, 1.165) is 0 Å². The van der Waals surface area contributed by atoms with Gasteiger partial charge in [-0.05, 0) is 47.5 Å². The summed E-state index contributed by atoms with van der Waals surface area (Å²) in [5, 5.41) is 9.41. The van der Waals surface area contributed by atoms with Gasteiger partial charge >= 0.3 is 5.97 Å². The maximum absolute atomic E-state index is 14.0. The van der Waals surface area contributed by atoms with Crippen molar-refractivity contribution in [2.75, 3.05) is 7.11 Å².